The summed E-state index contributed by atoms with van der Waals surface area (Å²) in [4.78, 5) is 37.0. The van der Waals surface area contributed by atoms with Gasteiger partial charge >= 0.3 is 0 Å². The molecule has 4 rings (SSSR count). The first-order valence-electron chi connectivity index (χ1n) is 11.4. The molecule has 0 aromatic carbocycles. The number of piperazine rings is 1. The summed E-state index contributed by atoms with van der Waals surface area (Å²) in [5.41, 5.74) is 0.538. The van der Waals surface area contributed by atoms with Gasteiger partial charge in [0, 0.05) is 57.6 Å². The lowest BCUT2D eigenvalue weighted by Gasteiger charge is -2.34. The van der Waals surface area contributed by atoms with E-state index in [2.05, 4.69) is 37.0 Å². The molecule has 0 aliphatic carbocycles. The monoisotopic (exact) mass is 447 g/mol. The van der Waals surface area contributed by atoms with Gasteiger partial charge in [0.25, 0.3) is 5.56 Å². The van der Waals surface area contributed by atoms with Crippen molar-refractivity contribution in [2.75, 3.05) is 63.8 Å². The van der Waals surface area contributed by atoms with Gasteiger partial charge in [0.15, 0.2) is 0 Å². The van der Waals surface area contributed by atoms with Crippen molar-refractivity contribution in [2.24, 2.45) is 5.92 Å². The standard InChI is InChI=1S/C21H33N7O2S/c1-3-25-10-12-26(13-11-25)8-5-7-22-19(30)17-6-4-9-27(15-17)21-24-28-18(29)14-16(2)23-20(28)31-21/h14,17H,3-13,15H2,1-2H3,(H,22,30)/t17-/m0/s1. The summed E-state index contributed by atoms with van der Waals surface area (Å²) in [6, 6.07) is 1.49. The molecule has 0 saturated carbocycles. The van der Waals surface area contributed by atoms with Gasteiger partial charge in [-0.15, -0.1) is 5.10 Å². The van der Waals surface area contributed by atoms with Crippen LogP contribution < -0.4 is 15.8 Å². The quantitative estimate of drug-likeness (QED) is 0.629. The van der Waals surface area contributed by atoms with Crippen LogP contribution in [0.4, 0.5) is 5.13 Å². The Morgan fingerprint density at radius 2 is 2.00 bits per heavy atom. The Hall–Kier alpha value is -2.04. The highest BCUT2D eigenvalue weighted by Gasteiger charge is 2.28. The van der Waals surface area contributed by atoms with Crippen molar-refractivity contribution in [3.63, 3.8) is 0 Å². The second-order valence-corrected chi connectivity index (χ2v) is 9.45. The van der Waals surface area contributed by atoms with E-state index in [1.54, 1.807) is 0 Å². The number of carbonyl (C=O) groups is 1. The van der Waals surface area contributed by atoms with Crippen LogP contribution in [0.25, 0.3) is 4.96 Å². The largest absolute Gasteiger partial charge is 0.356 e. The highest BCUT2D eigenvalue weighted by Crippen LogP contribution is 2.27. The summed E-state index contributed by atoms with van der Waals surface area (Å²) in [6.45, 7) is 13.0. The summed E-state index contributed by atoms with van der Waals surface area (Å²) in [6.07, 6.45) is 2.82. The number of nitrogens with zero attached hydrogens (tertiary/aromatic N) is 6. The molecule has 1 atom stereocenters. The highest BCUT2D eigenvalue weighted by atomic mass is 32.1. The number of carbonyl (C=O) groups excluding carboxylic acids is 1. The molecule has 31 heavy (non-hydrogen) atoms. The summed E-state index contributed by atoms with van der Waals surface area (Å²) < 4.78 is 1.36. The predicted molar refractivity (Wildman–Crippen MR) is 123 cm³/mol. The molecule has 9 nitrogen and oxygen atoms in total. The molecule has 1 N–H and O–H groups in total. The van der Waals surface area contributed by atoms with Crippen LogP contribution in [-0.2, 0) is 4.79 Å². The molecule has 0 radical (unpaired) electrons. The molecular weight excluding hydrogens is 414 g/mol. The van der Waals surface area contributed by atoms with Crippen LogP contribution >= 0.6 is 11.3 Å². The minimum absolute atomic E-state index is 0.0414. The van der Waals surface area contributed by atoms with Crippen molar-refractivity contribution < 1.29 is 4.79 Å². The Labute approximate surface area is 187 Å². The number of anilines is 1. The Kier molecular flexibility index (Phi) is 7.19. The van der Waals surface area contributed by atoms with Crippen LogP contribution in [0.1, 0.15) is 31.9 Å². The molecule has 170 valence electrons. The first-order valence-corrected chi connectivity index (χ1v) is 12.2. The minimum Gasteiger partial charge on any atom is -0.356 e. The summed E-state index contributed by atoms with van der Waals surface area (Å²) in [5, 5.41) is 8.36. The van der Waals surface area contributed by atoms with Crippen molar-refractivity contribution >= 4 is 27.3 Å². The maximum absolute atomic E-state index is 12.7. The van der Waals surface area contributed by atoms with Gasteiger partial charge in [-0.05, 0) is 39.3 Å². The van der Waals surface area contributed by atoms with Crippen molar-refractivity contribution in [1.82, 2.24) is 29.7 Å². The number of fused-ring (bicyclic) bond motifs is 1. The Morgan fingerprint density at radius 1 is 1.23 bits per heavy atom. The van der Waals surface area contributed by atoms with E-state index in [1.807, 2.05) is 6.92 Å². The molecule has 2 aliphatic heterocycles. The highest BCUT2D eigenvalue weighted by molar-refractivity contribution is 7.20. The van der Waals surface area contributed by atoms with Crippen LogP contribution in [0.3, 0.4) is 0 Å². The van der Waals surface area contributed by atoms with E-state index in [1.165, 1.54) is 21.9 Å². The fourth-order valence-electron chi connectivity index (χ4n) is 4.39. The van der Waals surface area contributed by atoms with E-state index in [4.69, 9.17) is 0 Å². The predicted octanol–water partition coefficient (Wildman–Crippen LogP) is 0.820. The Morgan fingerprint density at radius 3 is 2.77 bits per heavy atom. The van der Waals surface area contributed by atoms with Gasteiger partial charge in [0.1, 0.15) is 0 Å². The SMILES string of the molecule is CCN1CCN(CCCNC(=O)[C@H]2CCCN(c3nn4c(=O)cc(C)nc4s3)C2)CC1. The second-order valence-electron chi connectivity index (χ2n) is 8.52. The number of nitrogens with one attached hydrogen (secondary N) is 1. The normalized spacial score (nSPS) is 21.0. The Bertz CT molecular complexity index is 951. The number of aryl methyl sites for hydroxylation is 1. The van der Waals surface area contributed by atoms with Gasteiger partial charge in [-0.25, -0.2) is 4.98 Å². The third-order valence-corrected chi connectivity index (χ3v) is 7.26. The zero-order valence-electron chi connectivity index (χ0n) is 18.5. The van der Waals surface area contributed by atoms with Crippen molar-refractivity contribution in [1.29, 1.82) is 0 Å². The number of hydrogen-bond acceptors (Lipinski definition) is 8. The van der Waals surface area contributed by atoms with Crippen LogP contribution in [0.2, 0.25) is 0 Å². The van der Waals surface area contributed by atoms with Gasteiger partial charge in [0.2, 0.25) is 16.0 Å². The first kappa shape index (κ1) is 22.2. The lowest BCUT2D eigenvalue weighted by molar-refractivity contribution is -0.125. The smallest absolute Gasteiger partial charge is 0.275 e. The van der Waals surface area contributed by atoms with Gasteiger partial charge in [0.05, 0.1) is 5.92 Å². The van der Waals surface area contributed by atoms with Crippen molar-refractivity contribution in [3.8, 4) is 0 Å². The number of likely N-dealkylation sites (N-methyl/N-ethyl adjacent to an activating group) is 1. The van der Waals surface area contributed by atoms with Gasteiger partial charge in [-0.2, -0.15) is 4.52 Å². The van der Waals surface area contributed by atoms with E-state index >= 15 is 0 Å². The van der Waals surface area contributed by atoms with Crippen molar-refractivity contribution in [2.45, 2.75) is 33.1 Å². The third kappa shape index (κ3) is 5.42. The summed E-state index contributed by atoms with van der Waals surface area (Å²) in [5.74, 6) is 0.0908. The molecule has 0 spiro atoms. The second kappa shape index (κ2) is 10.1. The van der Waals surface area contributed by atoms with E-state index in [0.29, 0.717) is 17.2 Å². The lowest BCUT2D eigenvalue weighted by Crippen LogP contribution is -2.47. The van der Waals surface area contributed by atoms with E-state index in [0.717, 1.165) is 76.8 Å². The molecule has 2 aliphatic rings. The first-order chi connectivity index (χ1) is 15.0. The van der Waals surface area contributed by atoms with E-state index in [-0.39, 0.29) is 17.4 Å². The number of aromatic nitrogens is 3. The topological polar surface area (TPSA) is 86.1 Å². The number of rotatable bonds is 7. The Balaban J connectivity index is 1.25. The molecule has 0 unspecified atom stereocenters. The van der Waals surface area contributed by atoms with Gasteiger partial charge in [-0.3, -0.25) is 9.59 Å². The molecule has 1 amide bonds. The molecule has 0 bridgehead atoms. The van der Waals surface area contributed by atoms with Crippen LogP contribution in [-0.4, -0.2) is 89.2 Å². The molecule has 2 saturated heterocycles. The zero-order chi connectivity index (χ0) is 21.8. The molecule has 2 aromatic rings. The lowest BCUT2D eigenvalue weighted by atomic mass is 9.97. The van der Waals surface area contributed by atoms with Crippen molar-refractivity contribution in [3.05, 3.63) is 22.1 Å². The summed E-state index contributed by atoms with van der Waals surface area (Å²) >= 11 is 1.41. The zero-order valence-corrected chi connectivity index (χ0v) is 19.4. The maximum atomic E-state index is 12.7. The molecule has 4 heterocycles. The fourth-order valence-corrected chi connectivity index (χ4v) is 5.38. The van der Waals surface area contributed by atoms with E-state index < -0.39 is 0 Å². The average Bonchev–Trinajstić information content (AvgIpc) is 3.21. The van der Waals surface area contributed by atoms with Gasteiger partial charge < -0.3 is 20.0 Å². The molecule has 2 aromatic heterocycles. The molecule has 2 fully saturated rings. The van der Waals surface area contributed by atoms with E-state index in [9.17, 15) is 9.59 Å². The maximum Gasteiger partial charge on any atom is 0.275 e. The third-order valence-electron chi connectivity index (χ3n) is 6.29. The number of hydrogen-bond donors (Lipinski definition) is 1. The number of amides is 1. The minimum atomic E-state index is -0.160. The summed E-state index contributed by atoms with van der Waals surface area (Å²) in [7, 11) is 0. The van der Waals surface area contributed by atoms with Crippen LogP contribution in [0.5, 0.6) is 0 Å². The average molecular weight is 448 g/mol. The number of piperidine rings is 1. The molecule has 10 heteroatoms. The van der Waals surface area contributed by atoms with Crippen LogP contribution in [0.15, 0.2) is 10.9 Å². The van der Waals surface area contributed by atoms with Crippen LogP contribution in [0, 0.1) is 12.8 Å². The molecular formula is C21H33N7O2S. The fraction of sp³-hybridized carbons (Fsp3) is 0.714. The van der Waals surface area contributed by atoms with Gasteiger partial charge in [-0.1, -0.05) is 18.3 Å².